The average molecular weight is 1020 g/mol. The fourth-order valence-corrected chi connectivity index (χ4v) is 11.2. The van der Waals surface area contributed by atoms with Gasteiger partial charge in [-0.1, -0.05) is 31.5 Å². The van der Waals surface area contributed by atoms with Crippen molar-refractivity contribution in [2.24, 2.45) is 17.3 Å². The number of carbonyl (C=O) groups is 6. The average Bonchev–Trinajstić information content (AvgIpc) is 3.65. The molecular weight excluding hydrogens is 951 g/mol. The van der Waals surface area contributed by atoms with Crippen molar-refractivity contribution in [2.75, 3.05) is 47.5 Å². The number of methoxy groups -OCH3 is 3. The number of imide groups is 1. The van der Waals surface area contributed by atoms with Crippen LogP contribution in [0.1, 0.15) is 116 Å². The summed E-state index contributed by atoms with van der Waals surface area (Å²) in [5, 5.41) is 5.10. The summed E-state index contributed by atoms with van der Waals surface area (Å²) in [5.41, 5.74) is -3.12. The number of amides is 6. The topological polar surface area (TPSA) is 201 Å². The molecule has 2 N–H and O–H groups in total. The summed E-state index contributed by atoms with van der Waals surface area (Å²) in [5.74, 6) is -7.70. The van der Waals surface area contributed by atoms with Gasteiger partial charge in [-0.3, -0.25) is 19.3 Å². The van der Waals surface area contributed by atoms with E-state index in [1.807, 2.05) is 6.92 Å². The fourth-order valence-electron chi connectivity index (χ4n) is 10.9. The molecular formula is C49H65BClF2N5O13. The number of nitrogens with one attached hydrogen (secondary N) is 2. The number of benzene rings is 2. The minimum absolute atomic E-state index is 0.0560. The maximum atomic E-state index is 15.9. The van der Waals surface area contributed by atoms with Gasteiger partial charge in [0.25, 0.3) is 0 Å². The molecule has 0 spiro atoms. The van der Waals surface area contributed by atoms with Crippen LogP contribution in [0.15, 0.2) is 18.2 Å². The zero-order valence-corrected chi connectivity index (χ0v) is 43.2. The van der Waals surface area contributed by atoms with Gasteiger partial charge in [0.1, 0.15) is 34.4 Å². The number of carbonyl (C=O) groups excluding carboxylic acids is 6. The zero-order valence-electron chi connectivity index (χ0n) is 42.4. The van der Waals surface area contributed by atoms with Crippen LogP contribution in [-0.2, 0) is 39.6 Å². The molecule has 22 heteroatoms. The first-order valence-corrected chi connectivity index (χ1v) is 24.2. The van der Waals surface area contributed by atoms with Gasteiger partial charge in [-0.05, 0) is 116 Å². The molecule has 6 atom stereocenters. The standard InChI is InChI=1S/C49H65BClF2N5O13/c1-46(2,3)68-43(62)34-29(52)14-13-25(37(34)65-10)21-33(50-70-32-23-26-22-31(48(26,7)8)49(32,9)71-50)54-40(59)36(28-24-30(53)38(66-11)39(67-12)35(28)51)55-44(63)58-20-19-57(41(60)42(58)61)27-15-17-56(18-16-27)45(64)69-47(4,5)6/h13-14,24,26-27,31-33,36H,15-23H2,1-12H3,(H,54,59)(H,55,63)/t26-,31-,32+,33-,36?,49-/m0/s1. The molecule has 3 saturated carbocycles. The maximum Gasteiger partial charge on any atom is 0.482 e. The van der Waals surface area contributed by atoms with Gasteiger partial charge in [0.15, 0.2) is 17.3 Å². The Kier molecular flexibility index (Phi) is 15.0. The smallest absolute Gasteiger partial charge is 0.482 e. The van der Waals surface area contributed by atoms with Gasteiger partial charge in [0.2, 0.25) is 5.91 Å². The van der Waals surface area contributed by atoms with Gasteiger partial charge in [0, 0.05) is 37.8 Å². The highest BCUT2D eigenvalue weighted by atomic mass is 35.5. The number of likely N-dealkylation sites (tertiary alicyclic amines) is 1. The number of halogens is 3. The van der Waals surface area contributed by atoms with Crippen molar-refractivity contribution in [3.8, 4) is 17.2 Å². The molecule has 6 fully saturated rings. The second kappa shape index (κ2) is 19.9. The summed E-state index contributed by atoms with van der Waals surface area (Å²) < 4.78 is 72.3. The third-order valence-corrected chi connectivity index (χ3v) is 14.9. The second-order valence-corrected chi connectivity index (χ2v) is 22.0. The lowest BCUT2D eigenvalue weighted by Gasteiger charge is -2.64. The van der Waals surface area contributed by atoms with Gasteiger partial charge in [-0.25, -0.2) is 23.2 Å². The molecule has 3 aliphatic carbocycles. The first-order chi connectivity index (χ1) is 33.1. The Morgan fingerprint density at radius 2 is 1.48 bits per heavy atom. The van der Waals surface area contributed by atoms with Crippen LogP contribution >= 0.6 is 11.6 Å². The highest BCUT2D eigenvalue weighted by Crippen LogP contribution is 2.66. The molecule has 3 heterocycles. The summed E-state index contributed by atoms with van der Waals surface area (Å²) in [7, 11) is 2.46. The Morgan fingerprint density at radius 3 is 2.07 bits per heavy atom. The number of piperidine rings is 1. The van der Waals surface area contributed by atoms with Crippen LogP contribution in [-0.4, -0.2) is 140 Å². The van der Waals surface area contributed by atoms with Crippen LogP contribution in [0.4, 0.5) is 18.4 Å². The number of hydrogen-bond donors (Lipinski definition) is 2. The highest BCUT2D eigenvalue weighted by Gasteiger charge is 2.68. The molecule has 8 rings (SSSR count). The Morgan fingerprint density at radius 1 is 0.845 bits per heavy atom. The molecule has 6 amide bonds. The maximum absolute atomic E-state index is 15.9. The lowest BCUT2D eigenvalue weighted by Crippen LogP contribution is -2.65. The van der Waals surface area contributed by atoms with Gasteiger partial charge < -0.3 is 53.4 Å². The number of esters is 1. The molecule has 18 nitrogen and oxygen atoms in total. The SMILES string of the molecule is COc1c(F)cc(C(NC(=O)N2CCN(C3CCN(C(=O)OC(C)(C)C)CC3)C(=O)C2=O)C(=O)N[C@@H](Cc2ccc(F)c(C(=O)OC(C)(C)C)c2OC)B2O[C@@H]3C[C@@H]4C[C@@H](C4(C)C)[C@]3(C)O2)c(Cl)c1OC. The van der Waals surface area contributed by atoms with Crippen LogP contribution in [0.2, 0.25) is 5.02 Å². The van der Waals surface area contributed by atoms with E-state index in [1.165, 1.54) is 37.2 Å². The molecule has 0 aromatic heterocycles. The van der Waals surface area contributed by atoms with Crippen molar-refractivity contribution in [2.45, 2.75) is 135 Å². The van der Waals surface area contributed by atoms with Gasteiger partial charge in [-0.2, -0.15) is 0 Å². The lowest BCUT2D eigenvalue weighted by molar-refractivity contribution is -0.199. The number of hydrogen-bond acceptors (Lipinski definition) is 13. The van der Waals surface area contributed by atoms with Crippen molar-refractivity contribution in [1.29, 1.82) is 0 Å². The molecule has 388 valence electrons. The van der Waals surface area contributed by atoms with Crippen LogP contribution in [0, 0.1) is 28.9 Å². The lowest BCUT2D eigenvalue weighted by atomic mass is 9.43. The van der Waals surface area contributed by atoms with Crippen molar-refractivity contribution in [3.63, 3.8) is 0 Å². The summed E-state index contributed by atoms with van der Waals surface area (Å²) in [6.07, 6.45) is 1.20. The largest absolute Gasteiger partial charge is 0.495 e. The molecule has 2 aromatic rings. The van der Waals surface area contributed by atoms with E-state index in [1.54, 1.807) is 41.5 Å². The van der Waals surface area contributed by atoms with E-state index in [4.69, 9.17) is 44.6 Å². The van der Waals surface area contributed by atoms with Gasteiger partial charge in [0.05, 0.1) is 44.0 Å². The number of rotatable bonds is 12. The minimum Gasteiger partial charge on any atom is -0.495 e. The Balaban J connectivity index is 1.20. The molecule has 3 aliphatic heterocycles. The summed E-state index contributed by atoms with van der Waals surface area (Å²) in [4.78, 5) is 86.8. The van der Waals surface area contributed by atoms with Crippen LogP contribution in [0.25, 0.3) is 0 Å². The predicted molar refractivity (Wildman–Crippen MR) is 254 cm³/mol. The van der Waals surface area contributed by atoms with E-state index < -0.39 is 101 Å². The first kappa shape index (κ1) is 53.4. The molecule has 3 saturated heterocycles. The van der Waals surface area contributed by atoms with Crippen molar-refractivity contribution < 1.29 is 70.5 Å². The number of nitrogens with zero attached hydrogens (tertiary/aromatic N) is 3. The third-order valence-electron chi connectivity index (χ3n) is 14.5. The molecule has 2 bridgehead atoms. The van der Waals surface area contributed by atoms with Gasteiger partial charge in [-0.15, -0.1) is 0 Å². The minimum atomic E-state index is -1.90. The van der Waals surface area contributed by atoms with Crippen molar-refractivity contribution in [1.82, 2.24) is 25.3 Å². The second-order valence-electron chi connectivity index (χ2n) is 21.6. The fraction of sp³-hybridized carbons (Fsp3) is 0.633. The van der Waals surface area contributed by atoms with E-state index in [0.717, 1.165) is 18.6 Å². The first-order valence-electron chi connectivity index (χ1n) is 23.9. The van der Waals surface area contributed by atoms with Gasteiger partial charge >= 0.3 is 37.0 Å². The van der Waals surface area contributed by atoms with E-state index in [0.29, 0.717) is 30.1 Å². The molecule has 2 aromatic carbocycles. The Labute approximate surface area is 418 Å². The van der Waals surface area contributed by atoms with Crippen molar-refractivity contribution in [3.05, 3.63) is 51.5 Å². The molecule has 1 unspecified atom stereocenters. The van der Waals surface area contributed by atoms with Crippen LogP contribution in [0.5, 0.6) is 17.2 Å². The summed E-state index contributed by atoms with van der Waals surface area (Å²) >= 11 is 6.86. The van der Waals surface area contributed by atoms with E-state index in [2.05, 4.69) is 24.5 Å². The summed E-state index contributed by atoms with van der Waals surface area (Å²) in [6.45, 7) is 16.7. The number of piperazine rings is 1. The van der Waals surface area contributed by atoms with Crippen LogP contribution in [0.3, 0.4) is 0 Å². The van der Waals surface area contributed by atoms with E-state index in [9.17, 15) is 24.0 Å². The number of ether oxygens (including phenoxy) is 5. The summed E-state index contributed by atoms with van der Waals surface area (Å²) in [6, 6.07) is -0.156. The molecule has 0 radical (unpaired) electrons. The highest BCUT2D eigenvalue weighted by molar-refractivity contribution is 6.48. The Hall–Kier alpha value is -5.41. The van der Waals surface area contributed by atoms with Crippen LogP contribution < -0.4 is 24.8 Å². The third kappa shape index (κ3) is 10.5. The number of urea groups is 1. The van der Waals surface area contributed by atoms with Crippen molar-refractivity contribution >= 4 is 54.5 Å². The Bertz CT molecular complexity index is 2460. The predicted octanol–water partition coefficient (Wildman–Crippen LogP) is 6.42. The quantitative estimate of drug-likeness (QED) is 0.134. The normalized spacial score (nSPS) is 24.1. The monoisotopic (exact) mass is 1020 g/mol. The molecule has 71 heavy (non-hydrogen) atoms. The zero-order chi connectivity index (χ0) is 52.3. The van der Waals surface area contributed by atoms with E-state index >= 15 is 13.6 Å². The molecule has 6 aliphatic rings. The van der Waals surface area contributed by atoms with E-state index in [-0.39, 0.29) is 77.7 Å².